The van der Waals surface area contributed by atoms with Gasteiger partial charge in [-0.1, -0.05) is 32.0 Å². The zero-order valence-corrected chi connectivity index (χ0v) is 14.2. The first-order valence-corrected chi connectivity index (χ1v) is 8.05. The van der Waals surface area contributed by atoms with Gasteiger partial charge in [0.2, 0.25) is 0 Å². The van der Waals surface area contributed by atoms with Crippen LogP contribution in [-0.4, -0.2) is 39.5 Å². The van der Waals surface area contributed by atoms with E-state index in [0.717, 1.165) is 24.3 Å². The summed E-state index contributed by atoms with van der Waals surface area (Å²) in [6.07, 6.45) is 0. The van der Waals surface area contributed by atoms with E-state index in [1.165, 1.54) is 0 Å². The Morgan fingerprint density at radius 3 is 2.62 bits per heavy atom. The zero-order valence-electron chi connectivity index (χ0n) is 11.6. The molecular weight excluding hydrogens is 359 g/mol. The second-order valence-corrected chi connectivity index (χ2v) is 4.44. The van der Waals surface area contributed by atoms with E-state index in [4.69, 9.17) is 0 Å². The Balaban J connectivity index is 0.00000106. The molecule has 0 bridgehead atoms. The fraction of sp³-hybridized carbons (Fsp3) is 0.308. The molecule has 0 aliphatic carbocycles. The predicted molar refractivity (Wildman–Crippen MR) is 89.4 cm³/mol. The number of rotatable bonds is 3. The molecule has 0 atom stereocenters. The quantitative estimate of drug-likeness (QED) is 0.284. The monoisotopic (exact) mass is 375 g/mol. The van der Waals surface area contributed by atoms with Gasteiger partial charge in [-0.2, -0.15) is 0 Å². The first-order valence-electron chi connectivity index (χ1n) is 6.31. The Bertz CT molecular complexity index is 549. The summed E-state index contributed by atoms with van der Waals surface area (Å²) in [6, 6.07) is 7.55. The Morgan fingerprint density at radius 1 is 1.38 bits per heavy atom. The van der Waals surface area contributed by atoms with Crippen LogP contribution in [0, 0.1) is 0 Å². The molecule has 117 valence electrons. The van der Waals surface area contributed by atoms with Gasteiger partial charge in [0.1, 0.15) is 0 Å². The predicted octanol–water partition coefficient (Wildman–Crippen LogP) is 2.09. The minimum atomic E-state index is 0.0191. The van der Waals surface area contributed by atoms with Gasteiger partial charge in [-0.25, -0.2) is 4.90 Å². The van der Waals surface area contributed by atoms with Gasteiger partial charge >= 0.3 is 31.1 Å². The Hall–Kier alpha value is -0.981. The van der Waals surface area contributed by atoms with Crippen molar-refractivity contribution in [2.75, 3.05) is 18.4 Å². The molecule has 1 heterocycles. The van der Waals surface area contributed by atoms with Crippen molar-refractivity contribution in [2.24, 2.45) is 5.10 Å². The molecule has 0 fully saturated rings. The molecule has 8 heteroatoms. The number of hydrogen-bond acceptors (Lipinski definition) is 1. The number of nitrogens with zero attached hydrogens (tertiary/aromatic N) is 3. The molecule has 0 unspecified atom stereocenters. The molecule has 1 aliphatic heterocycles. The summed E-state index contributed by atoms with van der Waals surface area (Å²) in [5.74, 6) is 0.0191. The van der Waals surface area contributed by atoms with E-state index >= 15 is 0 Å². The third-order valence-corrected chi connectivity index (χ3v) is 3.32. The number of amides is 1. The number of anilines is 1. The molecule has 0 spiro atoms. The number of thiol groups is 1. The van der Waals surface area contributed by atoms with Crippen molar-refractivity contribution in [2.45, 2.75) is 13.8 Å². The van der Waals surface area contributed by atoms with E-state index in [1.807, 2.05) is 43.0 Å². The van der Waals surface area contributed by atoms with Crippen LogP contribution in [0.2, 0.25) is 0 Å². The van der Waals surface area contributed by atoms with Crippen LogP contribution in [0.5, 0.6) is 0 Å². The normalized spacial score (nSPS) is 14.4. The topological polar surface area (TPSA) is 63.1 Å². The summed E-state index contributed by atoms with van der Waals surface area (Å²) in [5, 5.41) is 7.50. The number of benzene rings is 1. The van der Waals surface area contributed by atoms with Crippen LogP contribution in [-0.2, 0) is 27.3 Å². The Morgan fingerprint density at radius 2 is 2.00 bits per heavy atom. The third-order valence-electron chi connectivity index (χ3n) is 2.95. The summed E-state index contributed by atoms with van der Waals surface area (Å²) < 4.78 is 0. The van der Waals surface area contributed by atoms with Gasteiger partial charge in [-0.15, -0.1) is 0 Å². The number of nitrogens with one attached hydrogen (secondary N) is 1. The van der Waals surface area contributed by atoms with Crippen LogP contribution in [0.1, 0.15) is 19.4 Å². The first kappa shape index (κ1) is 18.1. The third kappa shape index (κ3) is 4.49. The summed E-state index contributed by atoms with van der Waals surface area (Å²) in [6.45, 7) is 5.68. The molecule has 21 heavy (non-hydrogen) atoms. The maximum atomic E-state index is 9.84. The number of carbonyl (C=O) groups excluding carboxylic acids is 1. The van der Waals surface area contributed by atoms with Crippen molar-refractivity contribution in [3.8, 4) is 0 Å². The SMILES string of the molecule is CCN(CC)C(=[SH+])[N-]N=C1C(=[OH+])Nc2ccccc21.[Cl][Cu+]. The van der Waals surface area contributed by atoms with Gasteiger partial charge in [0.15, 0.2) is 23.0 Å². The Labute approximate surface area is 142 Å². The van der Waals surface area contributed by atoms with E-state index in [1.54, 1.807) is 0 Å². The van der Waals surface area contributed by atoms with Crippen molar-refractivity contribution >= 4 is 44.7 Å². The van der Waals surface area contributed by atoms with Crippen LogP contribution in [0.15, 0.2) is 29.4 Å². The average molecular weight is 376 g/mol. The Kier molecular flexibility index (Phi) is 7.85. The fourth-order valence-electron chi connectivity index (χ4n) is 1.88. The number of para-hydroxylation sites is 1. The summed E-state index contributed by atoms with van der Waals surface area (Å²) in [5.41, 5.74) is 6.18. The fourth-order valence-corrected chi connectivity index (χ4v) is 2.21. The molecule has 1 amide bonds. The van der Waals surface area contributed by atoms with Gasteiger partial charge in [-0.05, 0) is 6.07 Å². The summed E-state index contributed by atoms with van der Waals surface area (Å²) in [4.78, 5) is 11.8. The summed E-state index contributed by atoms with van der Waals surface area (Å²) >= 11 is 7.97. The van der Waals surface area contributed by atoms with Gasteiger partial charge < -0.3 is 10.5 Å². The van der Waals surface area contributed by atoms with Gasteiger partial charge in [0.25, 0.3) is 0 Å². The second-order valence-electron chi connectivity index (χ2n) is 4.04. The number of fused-ring (bicyclic) bond motifs is 1. The van der Waals surface area contributed by atoms with Crippen LogP contribution >= 0.6 is 10.1 Å². The van der Waals surface area contributed by atoms with Crippen molar-refractivity contribution in [3.05, 3.63) is 35.3 Å². The van der Waals surface area contributed by atoms with E-state index < -0.39 is 0 Å². The van der Waals surface area contributed by atoms with Gasteiger partial charge in [0.05, 0.1) is 5.69 Å². The molecule has 0 saturated heterocycles. The molecule has 1 aromatic carbocycles. The first-order chi connectivity index (χ1) is 10.2. The van der Waals surface area contributed by atoms with Gasteiger partial charge in [0, 0.05) is 18.7 Å². The molecule has 0 aromatic heterocycles. The molecule has 2 N–H and O–H groups in total. The molecule has 0 saturated carbocycles. The molecule has 1 aromatic rings. The van der Waals surface area contributed by atoms with Crippen molar-refractivity contribution in [1.82, 2.24) is 4.90 Å². The number of halogens is 1. The second kappa shape index (κ2) is 9.12. The van der Waals surface area contributed by atoms with E-state index in [-0.39, 0.29) is 5.91 Å². The van der Waals surface area contributed by atoms with Crippen LogP contribution in [0.4, 0.5) is 5.69 Å². The molecular formula is C13H17ClCuN4OS+2. The molecule has 0 radical (unpaired) electrons. The molecule has 5 nitrogen and oxygen atoms in total. The molecule has 2 rings (SSSR count). The van der Waals surface area contributed by atoms with E-state index in [9.17, 15) is 4.79 Å². The standard InChI is InChI=1S/C13H16N4OS.ClH.Cu/c1-3-17(4-2)13(19)16-15-11-9-7-5-6-8-10(9)14-12(11)18;;/h5-8H,3-4H2,1-2H3,(H2,14,15,16,18,19);1H;/q;;+2. The van der Waals surface area contributed by atoms with Gasteiger partial charge in [-0.3, -0.25) is 10.1 Å². The van der Waals surface area contributed by atoms with Crippen LogP contribution in [0.3, 0.4) is 0 Å². The maximum absolute atomic E-state index is 9.84. The van der Waals surface area contributed by atoms with E-state index in [2.05, 4.69) is 53.3 Å². The summed E-state index contributed by atoms with van der Waals surface area (Å²) in [7, 11) is 4.20. The molecule has 1 aliphatic rings. The van der Waals surface area contributed by atoms with Crippen molar-refractivity contribution in [1.29, 1.82) is 0 Å². The van der Waals surface area contributed by atoms with Crippen LogP contribution < -0.4 is 5.32 Å². The van der Waals surface area contributed by atoms with Crippen molar-refractivity contribution < 1.29 is 19.9 Å². The van der Waals surface area contributed by atoms with Crippen molar-refractivity contribution in [3.63, 3.8) is 0 Å². The minimum absolute atomic E-state index is 0.0191. The number of hydrogen-bond donors (Lipinski definition) is 1. The zero-order chi connectivity index (χ0) is 15.8. The average Bonchev–Trinajstić information content (AvgIpc) is 2.84. The van der Waals surface area contributed by atoms with E-state index in [0.29, 0.717) is 10.8 Å². The van der Waals surface area contributed by atoms with Crippen LogP contribution in [0.25, 0.3) is 5.43 Å².